The second-order valence-corrected chi connectivity index (χ2v) is 11.6. The molecule has 0 amide bonds. The van der Waals surface area contributed by atoms with E-state index in [1.807, 2.05) is 60.7 Å². The van der Waals surface area contributed by atoms with Crippen molar-refractivity contribution in [3.63, 3.8) is 0 Å². The predicted molar refractivity (Wildman–Crippen MR) is 192 cm³/mol. The average Bonchev–Trinajstić information content (AvgIpc) is 3.55. The lowest BCUT2D eigenvalue weighted by molar-refractivity contribution is 0.672. The van der Waals surface area contributed by atoms with Crippen molar-refractivity contribution >= 4 is 32.7 Å². The number of furan rings is 1. The summed E-state index contributed by atoms with van der Waals surface area (Å²) in [5.41, 5.74) is 8.96. The molecule has 9 aromatic rings. The molecule has 0 fully saturated rings. The van der Waals surface area contributed by atoms with Crippen molar-refractivity contribution < 1.29 is 4.42 Å². The lowest BCUT2D eigenvalue weighted by atomic mass is 9.96. The third-order valence-corrected chi connectivity index (χ3v) is 8.70. The van der Waals surface area contributed by atoms with Gasteiger partial charge >= 0.3 is 0 Å². The van der Waals surface area contributed by atoms with Crippen LogP contribution in [0.5, 0.6) is 0 Å². The molecule has 0 N–H and O–H groups in total. The Morgan fingerprint density at radius 2 is 0.915 bits per heavy atom. The Balaban J connectivity index is 1.33. The summed E-state index contributed by atoms with van der Waals surface area (Å²) in [7, 11) is 0. The Morgan fingerprint density at radius 1 is 0.362 bits per heavy atom. The fourth-order valence-corrected chi connectivity index (χ4v) is 6.42. The molecule has 0 spiro atoms. The molecule has 0 bridgehead atoms. The lowest BCUT2D eigenvalue weighted by Gasteiger charge is -2.12. The molecular formula is C43H27N3O. The third kappa shape index (κ3) is 4.84. The molecule has 4 heteroatoms. The minimum atomic E-state index is 0.600. The average molecular weight is 602 g/mol. The first-order chi connectivity index (χ1) is 23.3. The SMILES string of the molecule is c1ccc(-c2cccc(-c3nc(-c4ccccc4)nc(-c4cc5cc(-c6ccccc6)ccc5c5oc6ccccc6c45)n3)c2)cc1. The number of rotatable bonds is 5. The van der Waals surface area contributed by atoms with Gasteiger partial charge in [0.1, 0.15) is 11.2 Å². The summed E-state index contributed by atoms with van der Waals surface area (Å²) in [6.45, 7) is 0. The second-order valence-electron chi connectivity index (χ2n) is 11.6. The summed E-state index contributed by atoms with van der Waals surface area (Å²) >= 11 is 0. The summed E-state index contributed by atoms with van der Waals surface area (Å²) in [5.74, 6) is 1.84. The van der Waals surface area contributed by atoms with E-state index in [1.54, 1.807) is 0 Å². The van der Waals surface area contributed by atoms with Crippen LogP contribution in [0.2, 0.25) is 0 Å². The number of hydrogen-bond acceptors (Lipinski definition) is 4. The summed E-state index contributed by atoms with van der Waals surface area (Å²) in [6.07, 6.45) is 0. The topological polar surface area (TPSA) is 51.8 Å². The monoisotopic (exact) mass is 601 g/mol. The molecule has 0 aliphatic heterocycles. The maximum atomic E-state index is 6.60. The molecule has 0 radical (unpaired) electrons. The van der Waals surface area contributed by atoms with E-state index in [0.717, 1.165) is 71.7 Å². The first kappa shape index (κ1) is 27.0. The summed E-state index contributed by atoms with van der Waals surface area (Å²) in [5, 5.41) is 4.13. The summed E-state index contributed by atoms with van der Waals surface area (Å²) < 4.78 is 6.60. The Morgan fingerprint density at radius 3 is 1.64 bits per heavy atom. The number of hydrogen-bond donors (Lipinski definition) is 0. The second kappa shape index (κ2) is 11.2. The minimum absolute atomic E-state index is 0.600. The van der Waals surface area contributed by atoms with Crippen LogP contribution in [-0.4, -0.2) is 15.0 Å². The van der Waals surface area contributed by atoms with Gasteiger partial charge in [0.15, 0.2) is 17.5 Å². The smallest absolute Gasteiger partial charge is 0.164 e. The van der Waals surface area contributed by atoms with Crippen molar-refractivity contribution in [2.24, 2.45) is 0 Å². The summed E-state index contributed by atoms with van der Waals surface area (Å²) in [6, 6.07) is 56.3. The van der Waals surface area contributed by atoms with Gasteiger partial charge in [-0.25, -0.2) is 15.0 Å². The molecule has 2 heterocycles. The summed E-state index contributed by atoms with van der Waals surface area (Å²) in [4.78, 5) is 15.4. The molecule has 0 aliphatic carbocycles. The van der Waals surface area contributed by atoms with Crippen LogP contribution in [0.1, 0.15) is 0 Å². The van der Waals surface area contributed by atoms with Crippen LogP contribution >= 0.6 is 0 Å². The molecule has 2 aromatic heterocycles. The van der Waals surface area contributed by atoms with E-state index in [2.05, 4.69) is 103 Å². The molecule has 4 nitrogen and oxygen atoms in total. The highest BCUT2D eigenvalue weighted by atomic mass is 16.3. The standard InChI is InChI=1S/C43H27N3O/c1-4-13-28(14-5-1)31-19-12-20-33(25-31)42-44-41(30-17-8-3-9-18-30)45-43(46-42)37-27-34-26-32(29-15-6-2-7-16-29)23-24-35(34)40-39(37)36-21-10-11-22-38(36)47-40/h1-27H. The molecule has 9 rings (SSSR count). The van der Waals surface area contributed by atoms with E-state index in [0.29, 0.717) is 17.5 Å². The van der Waals surface area contributed by atoms with Gasteiger partial charge in [0.05, 0.1) is 0 Å². The van der Waals surface area contributed by atoms with Crippen molar-refractivity contribution in [1.82, 2.24) is 15.0 Å². The number of fused-ring (bicyclic) bond motifs is 5. The van der Waals surface area contributed by atoms with Gasteiger partial charge < -0.3 is 4.42 Å². The zero-order valence-electron chi connectivity index (χ0n) is 25.3. The van der Waals surface area contributed by atoms with Gasteiger partial charge in [-0.3, -0.25) is 0 Å². The van der Waals surface area contributed by atoms with Crippen LogP contribution in [0.3, 0.4) is 0 Å². The van der Waals surface area contributed by atoms with E-state index in [9.17, 15) is 0 Å². The van der Waals surface area contributed by atoms with E-state index in [4.69, 9.17) is 19.4 Å². The van der Waals surface area contributed by atoms with Crippen molar-refractivity contribution in [3.05, 3.63) is 164 Å². The van der Waals surface area contributed by atoms with E-state index in [-0.39, 0.29) is 0 Å². The van der Waals surface area contributed by atoms with Gasteiger partial charge in [0, 0.05) is 32.8 Å². The van der Waals surface area contributed by atoms with E-state index in [1.165, 1.54) is 0 Å². The van der Waals surface area contributed by atoms with Crippen LogP contribution in [0.25, 0.3) is 89.1 Å². The van der Waals surface area contributed by atoms with Crippen molar-refractivity contribution in [3.8, 4) is 56.4 Å². The third-order valence-electron chi connectivity index (χ3n) is 8.70. The Labute approximate surface area is 271 Å². The first-order valence-corrected chi connectivity index (χ1v) is 15.7. The van der Waals surface area contributed by atoms with Crippen LogP contribution in [0.15, 0.2) is 168 Å². The van der Waals surface area contributed by atoms with Gasteiger partial charge in [-0.1, -0.05) is 133 Å². The van der Waals surface area contributed by atoms with Gasteiger partial charge in [-0.2, -0.15) is 0 Å². The van der Waals surface area contributed by atoms with Crippen molar-refractivity contribution in [2.45, 2.75) is 0 Å². The highest BCUT2D eigenvalue weighted by Crippen LogP contribution is 2.42. The minimum Gasteiger partial charge on any atom is -0.455 e. The number of aromatic nitrogens is 3. The number of benzene rings is 7. The largest absolute Gasteiger partial charge is 0.455 e. The maximum Gasteiger partial charge on any atom is 0.164 e. The van der Waals surface area contributed by atoms with Gasteiger partial charge in [-0.05, 0) is 58.0 Å². The van der Waals surface area contributed by atoms with Crippen molar-refractivity contribution in [1.29, 1.82) is 0 Å². The Hall–Kier alpha value is -6.39. The molecule has 220 valence electrons. The van der Waals surface area contributed by atoms with Gasteiger partial charge in [0.2, 0.25) is 0 Å². The molecule has 7 aromatic carbocycles. The fraction of sp³-hybridized carbons (Fsp3) is 0. The number of para-hydroxylation sites is 1. The molecule has 0 atom stereocenters. The molecular weight excluding hydrogens is 574 g/mol. The lowest BCUT2D eigenvalue weighted by Crippen LogP contribution is -2.00. The highest BCUT2D eigenvalue weighted by molar-refractivity contribution is 6.21. The first-order valence-electron chi connectivity index (χ1n) is 15.7. The molecule has 0 saturated heterocycles. The van der Waals surface area contributed by atoms with E-state index < -0.39 is 0 Å². The van der Waals surface area contributed by atoms with Crippen LogP contribution in [-0.2, 0) is 0 Å². The zero-order valence-corrected chi connectivity index (χ0v) is 25.3. The van der Waals surface area contributed by atoms with Gasteiger partial charge in [-0.15, -0.1) is 0 Å². The normalized spacial score (nSPS) is 11.4. The highest BCUT2D eigenvalue weighted by Gasteiger charge is 2.20. The van der Waals surface area contributed by atoms with E-state index >= 15 is 0 Å². The predicted octanol–water partition coefficient (Wildman–Crippen LogP) is 11.3. The maximum absolute atomic E-state index is 6.60. The van der Waals surface area contributed by atoms with Crippen LogP contribution < -0.4 is 0 Å². The van der Waals surface area contributed by atoms with Gasteiger partial charge in [0.25, 0.3) is 0 Å². The molecule has 0 saturated carbocycles. The van der Waals surface area contributed by atoms with Crippen molar-refractivity contribution in [2.75, 3.05) is 0 Å². The zero-order chi connectivity index (χ0) is 31.2. The molecule has 47 heavy (non-hydrogen) atoms. The Bertz CT molecular complexity index is 2560. The molecule has 0 unspecified atom stereocenters. The number of nitrogens with zero attached hydrogens (tertiary/aromatic N) is 3. The quantitative estimate of drug-likeness (QED) is 0.197. The Kier molecular flexibility index (Phi) is 6.43. The van der Waals surface area contributed by atoms with Crippen LogP contribution in [0, 0.1) is 0 Å². The molecule has 0 aliphatic rings. The fourth-order valence-electron chi connectivity index (χ4n) is 6.42. The van der Waals surface area contributed by atoms with Crippen LogP contribution in [0.4, 0.5) is 0 Å².